The Balaban J connectivity index is 2.16. The van der Waals surface area contributed by atoms with Gasteiger partial charge in [0.25, 0.3) is 0 Å². The third-order valence-electron chi connectivity index (χ3n) is 2.76. The lowest BCUT2D eigenvalue weighted by Crippen LogP contribution is -2.34. The zero-order valence-electron chi connectivity index (χ0n) is 10.7. The summed E-state index contributed by atoms with van der Waals surface area (Å²) in [5.41, 5.74) is 1.13. The fourth-order valence-electron chi connectivity index (χ4n) is 1.78. The van der Waals surface area contributed by atoms with Crippen LogP contribution in [0, 0.1) is 6.92 Å². The molecule has 98 valence electrons. The molecule has 5 nitrogen and oxygen atoms in total. The van der Waals surface area contributed by atoms with Gasteiger partial charge in [-0.3, -0.25) is 0 Å². The highest BCUT2D eigenvalue weighted by atomic mass is 32.2. The van der Waals surface area contributed by atoms with Crippen LogP contribution < -0.4 is 4.90 Å². The number of anilines is 1. The normalized spacial score (nSPS) is 15.6. The van der Waals surface area contributed by atoms with Gasteiger partial charge in [-0.05, 0) is 13.8 Å². The molecule has 0 spiro atoms. The molecular weight excluding hydrogens is 250 g/mol. The van der Waals surface area contributed by atoms with E-state index in [1.807, 2.05) is 18.7 Å². The van der Waals surface area contributed by atoms with Crippen molar-refractivity contribution < 1.29 is 9.53 Å². The van der Waals surface area contributed by atoms with Crippen LogP contribution in [0.4, 0.5) is 5.95 Å². The van der Waals surface area contributed by atoms with Crippen molar-refractivity contribution in [2.24, 2.45) is 0 Å². The van der Waals surface area contributed by atoms with Crippen molar-refractivity contribution in [1.29, 1.82) is 0 Å². The third kappa shape index (κ3) is 2.93. The van der Waals surface area contributed by atoms with E-state index in [2.05, 4.69) is 14.9 Å². The minimum Gasteiger partial charge on any atom is -0.462 e. The van der Waals surface area contributed by atoms with E-state index < -0.39 is 0 Å². The Hall–Kier alpha value is -1.30. The quantitative estimate of drug-likeness (QED) is 0.774. The number of hydrogen-bond donors (Lipinski definition) is 0. The van der Waals surface area contributed by atoms with Crippen molar-refractivity contribution in [2.75, 3.05) is 36.1 Å². The SMILES string of the molecule is CCOC(=O)c1cnc(N2CCSCC2)nc1C. The van der Waals surface area contributed by atoms with Crippen LogP contribution in [0.2, 0.25) is 0 Å². The average Bonchev–Trinajstić information content (AvgIpc) is 2.40. The molecule has 2 heterocycles. The van der Waals surface area contributed by atoms with Crippen molar-refractivity contribution >= 4 is 23.7 Å². The Labute approximate surface area is 111 Å². The number of carbonyl (C=O) groups is 1. The summed E-state index contributed by atoms with van der Waals surface area (Å²) in [4.78, 5) is 22.5. The Morgan fingerprint density at radius 2 is 2.22 bits per heavy atom. The minimum absolute atomic E-state index is 0.351. The van der Waals surface area contributed by atoms with E-state index in [-0.39, 0.29) is 5.97 Å². The van der Waals surface area contributed by atoms with Gasteiger partial charge in [0.05, 0.1) is 17.9 Å². The first-order chi connectivity index (χ1) is 8.72. The van der Waals surface area contributed by atoms with Crippen molar-refractivity contribution in [3.05, 3.63) is 17.5 Å². The van der Waals surface area contributed by atoms with Gasteiger partial charge in [-0.15, -0.1) is 0 Å². The number of carbonyl (C=O) groups excluding carboxylic acids is 1. The second-order valence-electron chi connectivity index (χ2n) is 3.99. The van der Waals surface area contributed by atoms with E-state index in [1.54, 1.807) is 13.1 Å². The van der Waals surface area contributed by atoms with E-state index in [9.17, 15) is 4.79 Å². The molecule has 2 rings (SSSR count). The van der Waals surface area contributed by atoms with E-state index >= 15 is 0 Å². The van der Waals surface area contributed by atoms with Gasteiger partial charge in [-0.2, -0.15) is 11.8 Å². The summed E-state index contributed by atoms with van der Waals surface area (Å²) in [5, 5.41) is 0. The number of rotatable bonds is 3. The van der Waals surface area contributed by atoms with Crippen LogP contribution in [0.5, 0.6) is 0 Å². The number of nitrogens with zero attached hydrogens (tertiary/aromatic N) is 3. The Bertz CT molecular complexity index is 433. The molecule has 18 heavy (non-hydrogen) atoms. The van der Waals surface area contributed by atoms with Gasteiger partial charge >= 0.3 is 5.97 Å². The summed E-state index contributed by atoms with van der Waals surface area (Å²) in [5.74, 6) is 2.56. The predicted molar refractivity (Wildman–Crippen MR) is 72.3 cm³/mol. The third-order valence-corrected chi connectivity index (χ3v) is 3.70. The smallest absolute Gasteiger partial charge is 0.341 e. The zero-order valence-corrected chi connectivity index (χ0v) is 11.5. The topological polar surface area (TPSA) is 55.3 Å². The molecule has 1 saturated heterocycles. The van der Waals surface area contributed by atoms with E-state index in [4.69, 9.17) is 4.74 Å². The summed E-state index contributed by atoms with van der Waals surface area (Å²) in [6.07, 6.45) is 1.57. The summed E-state index contributed by atoms with van der Waals surface area (Å²) < 4.78 is 4.96. The molecule has 0 saturated carbocycles. The fourth-order valence-corrected chi connectivity index (χ4v) is 2.68. The molecule has 0 bridgehead atoms. The van der Waals surface area contributed by atoms with Gasteiger partial charge in [-0.25, -0.2) is 14.8 Å². The van der Waals surface area contributed by atoms with Crippen molar-refractivity contribution in [1.82, 2.24) is 9.97 Å². The van der Waals surface area contributed by atoms with Gasteiger partial charge in [0.15, 0.2) is 0 Å². The van der Waals surface area contributed by atoms with Crippen LogP contribution in [-0.2, 0) is 4.74 Å². The van der Waals surface area contributed by atoms with Gasteiger partial charge in [0, 0.05) is 30.8 Å². The summed E-state index contributed by atoms with van der Waals surface area (Å²) in [6.45, 7) is 5.89. The molecule has 1 aromatic rings. The highest BCUT2D eigenvalue weighted by Crippen LogP contribution is 2.17. The Morgan fingerprint density at radius 1 is 1.50 bits per heavy atom. The molecule has 1 aromatic heterocycles. The highest BCUT2D eigenvalue weighted by molar-refractivity contribution is 7.99. The summed E-state index contributed by atoms with van der Waals surface area (Å²) in [6, 6.07) is 0. The number of ether oxygens (including phenoxy) is 1. The molecular formula is C12H17N3O2S. The highest BCUT2D eigenvalue weighted by Gasteiger charge is 2.17. The van der Waals surface area contributed by atoms with Gasteiger partial charge in [0.2, 0.25) is 5.95 Å². The average molecular weight is 267 g/mol. The molecule has 0 unspecified atom stereocenters. The molecule has 0 radical (unpaired) electrons. The lowest BCUT2D eigenvalue weighted by atomic mass is 10.2. The minimum atomic E-state index is -0.351. The maximum absolute atomic E-state index is 11.6. The summed E-state index contributed by atoms with van der Waals surface area (Å²) >= 11 is 1.94. The molecule has 1 aliphatic heterocycles. The number of aryl methyl sites for hydroxylation is 1. The van der Waals surface area contributed by atoms with Gasteiger partial charge in [0.1, 0.15) is 0 Å². The van der Waals surface area contributed by atoms with Crippen LogP contribution >= 0.6 is 11.8 Å². The lowest BCUT2D eigenvalue weighted by Gasteiger charge is -2.26. The fraction of sp³-hybridized carbons (Fsp3) is 0.583. The number of hydrogen-bond acceptors (Lipinski definition) is 6. The molecule has 0 aromatic carbocycles. The van der Waals surface area contributed by atoms with Crippen LogP contribution in [0.1, 0.15) is 23.0 Å². The Morgan fingerprint density at radius 3 is 2.83 bits per heavy atom. The molecule has 0 N–H and O–H groups in total. The van der Waals surface area contributed by atoms with Crippen molar-refractivity contribution in [2.45, 2.75) is 13.8 Å². The molecule has 0 amide bonds. The first-order valence-electron chi connectivity index (χ1n) is 6.06. The lowest BCUT2D eigenvalue weighted by molar-refractivity contribution is 0.0524. The van der Waals surface area contributed by atoms with Crippen LogP contribution in [0.3, 0.4) is 0 Å². The van der Waals surface area contributed by atoms with E-state index in [0.717, 1.165) is 24.6 Å². The van der Waals surface area contributed by atoms with Gasteiger partial charge in [-0.1, -0.05) is 0 Å². The van der Waals surface area contributed by atoms with Crippen LogP contribution in [0.15, 0.2) is 6.20 Å². The largest absolute Gasteiger partial charge is 0.462 e. The number of aromatic nitrogens is 2. The van der Waals surface area contributed by atoms with Crippen LogP contribution in [-0.4, -0.2) is 47.1 Å². The first kappa shape index (κ1) is 13.1. The van der Waals surface area contributed by atoms with Crippen molar-refractivity contribution in [3.8, 4) is 0 Å². The van der Waals surface area contributed by atoms with Crippen LogP contribution in [0.25, 0.3) is 0 Å². The van der Waals surface area contributed by atoms with Crippen molar-refractivity contribution in [3.63, 3.8) is 0 Å². The first-order valence-corrected chi connectivity index (χ1v) is 7.21. The molecule has 1 fully saturated rings. The number of thioether (sulfide) groups is 1. The van der Waals surface area contributed by atoms with E-state index in [1.165, 1.54) is 0 Å². The second kappa shape index (κ2) is 6.04. The summed E-state index contributed by atoms with van der Waals surface area (Å²) in [7, 11) is 0. The second-order valence-corrected chi connectivity index (χ2v) is 5.21. The standard InChI is InChI=1S/C12H17N3O2S/c1-3-17-11(16)10-8-13-12(14-9(10)2)15-4-6-18-7-5-15/h8H,3-7H2,1-2H3. The zero-order chi connectivity index (χ0) is 13.0. The predicted octanol–water partition coefficient (Wildman–Crippen LogP) is 1.51. The maximum Gasteiger partial charge on any atom is 0.341 e. The molecule has 6 heteroatoms. The van der Waals surface area contributed by atoms with E-state index in [0.29, 0.717) is 23.8 Å². The maximum atomic E-state index is 11.6. The number of esters is 1. The monoisotopic (exact) mass is 267 g/mol. The molecule has 1 aliphatic rings. The Kier molecular flexibility index (Phi) is 4.41. The molecule has 0 atom stereocenters. The molecule has 0 aliphatic carbocycles. The van der Waals surface area contributed by atoms with Gasteiger partial charge < -0.3 is 9.64 Å².